The van der Waals surface area contributed by atoms with E-state index in [4.69, 9.17) is 0 Å². The Balaban J connectivity index is 0.00000338. The van der Waals surface area contributed by atoms with Crippen molar-refractivity contribution in [3.8, 4) is 0 Å². The summed E-state index contributed by atoms with van der Waals surface area (Å²) in [4.78, 5) is 12.4. The molecule has 2 rings (SSSR count). The van der Waals surface area contributed by atoms with Gasteiger partial charge in [-0.2, -0.15) is 0 Å². The third kappa shape index (κ3) is 6.23. The Labute approximate surface area is 163 Å². The molecule has 1 unspecified atom stereocenters. The van der Waals surface area contributed by atoms with Crippen molar-refractivity contribution in [3.05, 3.63) is 29.8 Å². The van der Waals surface area contributed by atoms with Gasteiger partial charge in [0.15, 0.2) is 0 Å². The maximum absolute atomic E-state index is 12.2. The molecule has 0 radical (unpaired) electrons. The topological polar surface area (TPSA) is 78.5 Å². The molecule has 8 heteroatoms. The minimum Gasteiger partial charge on any atom is -0.350 e. The SMILES string of the molecule is CC(NC(=O)CCC1CCNCC1)c1ccc(S(=O)(=O)N(C)C)cc1.Cl. The van der Waals surface area contributed by atoms with Crippen molar-refractivity contribution in [2.24, 2.45) is 5.92 Å². The molecule has 1 atom stereocenters. The van der Waals surface area contributed by atoms with Crippen LogP contribution in [0.15, 0.2) is 29.2 Å². The van der Waals surface area contributed by atoms with Crippen LogP contribution in [0, 0.1) is 5.92 Å². The summed E-state index contributed by atoms with van der Waals surface area (Å²) in [7, 11) is -0.406. The fourth-order valence-corrected chi connectivity index (χ4v) is 3.94. The van der Waals surface area contributed by atoms with Gasteiger partial charge in [0.25, 0.3) is 0 Å². The zero-order chi connectivity index (χ0) is 18.4. The van der Waals surface area contributed by atoms with Crippen molar-refractivity contribution in [1.82, 2.24) is 14.9 Å². The van der Waals surface area contributed by atoms with Gasteiger partial charge >= 0.3 is 0 Å². The molecular formula is C18H30ClN3O3S. The average molecular weight is 404 g/mol. The van der Waals surface area contributed by atoms with Gasteiger partial charge in [0.2, 0.25) is 15.9 Å². The Morgan fingerprint density at radius 1 is 1.23 bits per heavy atom. The Morgan fingerprint density at radius 3 is 2.35 bits per heavy atom. The molecule has 1 amide bonds. The van der Waals surface area contributed by atoms with Crippen LogP contribution in [-0.4, -0.2) is 45.8 Å². The lowest BCUT2D eigenvalue weighted by molar-refractivity contribution is -0.122. The number of carbonyl (C=O) groups is 1. The van der Waals surface area contributed by atoms with Gasteiger partial charge in [-0.15, -0.1) is 12.4 Å². The van der Waals surface area contributed by atoms with Gasteiger partial charge in [-0.1, -0.05) is 12.1 Å². The number of piperidine rings is 1. The Hall–Kier alpha value is -1.15. The molecule has 1 fully saturated rings. The molecule has 6 nitrogen and oxygen atoms in total. The second-order valence-corrected chi connectivity index (χ2v) is 9.03. The molecule has 1 heterocycles. The van der Waals surface area contributed by atoms with E-state index in [-0.39, 0.29) is 29.3 Å². The summed E-state index contributed by atoms with van der Waals surface area (Å²) >= 11 is 0. The van der Waals surface area contributed by atoms with E-state index in [1.807, 2.05) is 6.92 Å². The molecule has 26 heavy (non-hydrogen) atoms. The molecule has 1 saturated heterocycles. The summed E-state index contributed by atoms with van der Waals surface area (Å²) in [5, 5.41) is 6.33. The molecule has 1 aliphatic rings. The molecule has 0 spiro atoms. The van der Waals surface area contributed by atoms with Crippen molar-refractivity contribution in [1.29, 1.82) is 0 Å². The van der Waals surface area contributed by atoms with E-state index in [0.29, 0.717) is 12.3 Å². The highest BCUT2D eigenvalue weighted by Gasteiger charge is 2.18. The number of nitrogens with zero attached hydrogens (tertiary/aromatic N) is 1. The fourth-order valence-electron chi connectivity index (χ4n) is 3.04. The molecule has 0 saturated carbocycles. The van der Waals surface area contributed by atoms with E-state index in [1.165, 1.54) is 18.4 Å². The quantitative estimate of drug-likeness (QED) is 0.732. The van der Waals surface area contributed by atoms with Crippen molar-refractivity contribution < 1.29 is 13.2 Å². The lowest BCUT2D eigenvalue weighted by Gasteiger charge is -2.22. The lowest BCUT2D eigenvalue weighted by atomic mass is 9.93. The van der Waals surface area contributed by atoms with Crippen molar-refractivity contribution >= 4 is 28.3 Å². The maximum Gasteiger partial charge on any atom is 0.242 e. The molecule has 0 aromatic heterocycles. The van der Waals surface area contributed by atoms with Crippen LogP contribution in [0.25, 0.3) is 0 Å². The second-order valence-electron chi connectivity index (χ2n) is 6.88. The number of amides is 1. The second kappa shape index (κ2) is 10.3. The highest BCUT2D eigenvalue weighted by Crippen LogP contribution is 2.20. The number of nitrogens with one attached hydrogen (secondary N) is 2. The van der Waals surface area contributed by atoms with Crippen LogP contribution in [0.4, 0.5) is 0 Å². The number of hydrogen-bond donors (Lipinski definition) is 2. The third-order valence-corrected chi connectivity index (χ3v) is 6.60. The normalized spacial score (nSPS) is 16.8. The zero-order valence-electron chi connectivity index (χ0n) is 15.7. The summed E-state index contributed by atoms with van der Waals surface area (Å²) in [6.07, 6.45) is 3.76. The van der Waals surface area contributed by atoms with Gasteiger partial charge < -0.3 is 10.6 Å². The maximum atomic E-state index is 12.2. The molecule has 1 aliphatic heterocycles. The zero-order valence-corrected chi connectivity index (χ0v) is 17.3. The largest absolute Gasteiger partial charge is 0.350 e. The molecule has 1 aromatic carbocycles. The smallest absolute Gasteiger partial charge is 0.242 e. The van der Waals surface area contributed by atoms with Crippen LogP contribution in [-0.2, 0) is 14.8 Å². The van der Waals surface area contributed by atoms with Gasteiger partial charge in [-0.05, 0) is 62.9 Å². The Morgan fingerprint density at radius 2 is 1.81 bits per heavy atom. The molecule has 1 aromatic rings. The summed E-state index contributed by atoms with van der Waals surface area (Å²) in [6.45, 7) is 4.01. The number of carbonyl (C=O) groups excluding carboxylic acids is 1. The van der Waals surface area contributed by atoms with Crippen molar-refractivity contribution in [2.75, 3.05) is 27.2 Å². The first-order valence-electron chi connectivity index (χ1n) is 8.83. The Bertz CT molecular complexity index is 671. The molecule has 0 aliphatic carbocycles. The van der Waals surface area contributed by atoms with Crippen LogP contribution in [0.5, 0.6) is 0 Å². The lowest BCUT2D eigenvalue weighted by Crippen LogP contribution is -2.30. The van der Waals surface area contributed by atoms with Crippen LogP contribution in [0.2, 0.25) is 0 Å². The van der Waals surface area contributed by atoms with E-state index in [9.17, 15) is 13.2 Å². The van der Waals surface area contributed by atoms with E-state index in [0.717, 1.165) is 37.9 Å². The van der Waals surface area contributed by atoms with E-state index in [2.05, 4.69) is 10.6 Å². The first kappa shape index (κ1) is 22.9. The number of sulfonamides is 1. The summed E-state index contributed by atoms with van der Waals surface area (Å²) < 4.78 is 25.3. The first-order chi connectivity index (χ1) is 11.8. The van der Waals surface area contributed by atoms with Crippen LogP contribution in [0.3, 0.4) is 0 Å². The van der Waals surface area contributed by atoms with Gasteiger partial charge in [0.1, 0.15) is 0 Å². The predicted molar refractivity (Wildman–Crippen MR) is 106 cm³/mol. The van der Waals surface area contributed by atoms with Gasteiger partial charge in [0.05, 0.1) is 10.9 Å². The van der Waals surface area contributed by atoms with E-state index in [1.54, 1.807) is 24.3 Å². The van der Waals surface area contributed by atoms with E-state index < -0.39 is 10.0 Å². The van der Waals surface area contributed by atoms with Crippen molar-refractivity contribution in [3.63, 3.8) is 0 Å². The van der Waals surface area contributed by atoms with Crippen LogP contribution < -0.4 is 10.6 Å². The molecule has 2 N–H and O–H groups in total. The minimum absolute atomic E-state index is 0. The van der Waals surface area contributed by atoms with Gasteiger partial charge in [-0.3, -0.25) is 4.79 Å². The number of rotatable bonds is 7. The van der Waals surface area contributed by atoms with Crippen molar-refractivity contribution in [2.45, 2.75) is 43.5 Å². The monoisotopic (exact) mass is 403 g/mol. The number of hydrogen-bond acceptors (Lipinski definition) is 4. The minimum atomic E-state index is -3.42. The number of halogens is 1. The van der Waals surface area contributed by atoms with Gasteiger partial charge in [-0.25, -0.2) is 12.7 Å². The molecule has 148 valence electrons. The van der Waals surface area contributed by atoms with Gasteiger partial charge in [0, 0.05) is 20.5 Å². The predicted octanol–water partition coefficient (Wildman–Crippen LogP) is 2.32. The summed E-state index contributed by atoms with van der Waals surface area (Å²) in [6, 6.07) is 6.55. The first-order valence-corrected chi connectivity index (χ1v) is 10.3. The molecular weight excluding hydrogens is 374 g/mol. The standard InChI is InChI=1S/C18H29N3O3S.ClH/c1-14(20-18(22)9-4-15-10-12-19-13-11-15)16-5-7-17(8-6-16)25(23,24)21(2)3;/h5-8,14-15,19H,4,9-13H2,1-3H3,(H,20,22);1H. The third-order valence-electron chi connectivity index (χ3n) is 4.77. The van der Waals surface area contributed by atoms with Crippen LogP contribution >= 0.6 is 12.4 Å². The molecule has 0 bridgehead atoms. The summed E-state index contributed by atoms with van der Waals surface area (Å²) in [5.74, 6) is 0.689. The fraction of sp³-hybridized carbons (Fsp3) is 0.611. The van der Waals surface area contributed by atoms with Crippen LogP contribution in [0.1, 0.15) is 44.2 Å². The number of benzene rings is 1. The Kier molecular flexibility index (Phi) is 9.03. The van der Waals surface area contributed by atoms with E-state index >= 15 is 0 Å². The summed E-state index contributed by atoms with van der Waals surface area (Å²) in [5.41, 5.74) is 0.896. The highest BCUT2D eigenvalue weighted by molar-refractivity contribution is 7.89. The average Bonchev–Trinajstić information content (AvgIpc) is 2.60. The highest BCUT2D eigenvalue weighted by atomic mass is 35.5.